The zero-order valence-electron chi connectivity index (χ0n) is 23.5. The molecule has 4 aliphatic rings. The number of aryl methyl sites for hydroxylation is 1. The Hall–Kier alpha value is -1.39. The van der Waals surface area contributed by atoms with Gasteiger partial charge in [0.2, 0.25) is 0 Å². The Morgan fingerprint density at radius 1 is 1.00 bits per heavy atom. The van der Waals surface area contributed by atoms with Crippen molar-refractivity contribution in [2.24, 2.45) is 52.3 Å². The molecular weight excluding hydrogens is 460 g/mol. The Bertz CT molecular complexity index is 975. The first-order valence-corrected chi connectivity index (χ1v) is 15.3. The van der Waals surface area contributed by atoms with Crippen LogP contribution in [-0.4, -0.2) is 33.5 Å². The van der Waals surface area contributed by atoms with E-state index in [0.717, 1.165) is 50.5 Å². The van der Waals surface area contributed by atoms with Crippen molar-refractivity contribution < 1.29 is 20.1 Å². The van der Waals surface area contributed by atoms with Gasteiger partial charge in [-0.2, -0.15) is 0 Å². The van der Waals surface area contributed by atoms with Gasteiger partial charge >= 0.3 is 5.97 Å². The summed E-state index contributed by atoms with van der Waals surface area (Å²) < 4.78 is 0. The van der Waals surface area contributed by atoms with Crippen LogP contribution in [0.5, 0.6) is 0 Å². The summed E-state index contributed by atoms with van der Waals surface area (Å²) in [6.07, 6.45) is 11.5. The molecule has 5 rings (SSSR count). The van der Waals surface area contributed by atoms with Crippen molar-refractivity contribution in [3.8, 4) is 0 Å². The van der Waals surface area contributed by atoms with Crippen LogP contribution >= 0.6 is 0 Å². The van der Waals surface area contributed by atoms with Crippen LogP contribution < -0.4 is 0 Å². The van der Waals surface area contributed by atoms with Crippen LogP contribution in [-0.2, 0) is 6.42 Å². The number of fused-ring (bicyclic) bond motifs is 5. The van der Waals surface area contributed by atoms with Crippen molar-refractivity contribution in [3.63, 3.8) is 0 Å². The molecule has 3 N–H and O–H groups in total. The summed E-state index contributed by atoms with van der Waals surface area (Å²) in [5, 5.41) is 32.0. The predicted molar refractivity (Wildman–Crippen MR) is 147 cm³/mol. The quantitative estimate of drug-likeness (QED) is 0.370. The average Bonchev–Trinajstić information content (AvgIpc) is 3.22. The Labute approximate surface area is 224 Å². The Kier molecular flexibility index (Phi) is 7.57. The molecule has 1 aromatic rings. The van der Waals surface area contributed by atoms with Crippen LogP contribution in [0.15, 0.2) is 24.3 Å². The summed E-state index contributed by atoms with van der Waals surface area (Å²) in [7, 11) is 0. The third kappa shape index (κ3) is 4.48. The third-order valence-electron chi connectivity index (χ3n) is 12.5. The number of benzene rings is 1. The lowest BCUT2D eigenvalue weighted by Gasteiger charge is -2.64. The molecular formula is C33H50O4. The topological polar surface area (TPSA) is 77.8 Å². The molecule has 4 nitrogen and oxygen atoms in total. The van der Waals surface area contributed by atoms with Crippen LogP contribution in [0.25, 0.3) is 0 Å². The van der Waals surface area contributed by atoms with Crippen molar-refractivity contribution >= 4 is 5.97 Å². The van der Waals surface area contributed by atoms with E-state index >= 15 is 0 Å². The van der Waals surface area contributed by atoms with Gasteiger partial charge in [0.05, 0.1) is 17.8 Å². The predicted octanol–water partition coefficient (Wildman–Crippen LogP) is 6.97. The SMILES string of the molecule is CC[C@H]1[C@@H](O)[C@@H]2C(CC[C@]3(C)[C@@H]([C@H](C)CCCc4ccccc4C(=O)O)CC[C@@H]23)[C@@]2(C)CC[C@@H](O)C[C@@H]12. The molecule has 37 heavy (non-hydrogen) atoms. The minimum absolute atomic E-state index is 0.191. The monoisotopic (exact) mass is 510 g/mol. The largest absolute Gasteiger partial charge is 0.478 e. The Balaban J connectivity index is 1.30. The van der Waals surface area contributed by atoms with E-state index in [1.165, 1.54) is 25.7 Å². The summed E-state index contributed by atoms with van der Waals surface area (Å²) in [4.78, 5) is 11.6. The molecule has 4 heteroatoms. The maximum atomic E-state index is 11.9. The van der Waals surface area contributed by atoms with Gasteiger partial charge < -0.3 is 15.3 Å². The second-order valence-electron chi connectivity index (χ2n) is 14.0. The van der Waals surface area contributed by atoms with Gasteiger partial charge in [0.15, 0.2) is 0 Å². The highest BCUT2D eigenvalue weighted by Gasteiger charge is 2.64. The lowest BCUT2D eigenvalue weighted by molar-refractivity contribution is -0.203. The molecule has 0 aromatic heterocycles. The van der Waals surface area contributed by atoms with Crippen LogP contribution in [0, 0.1) is 52.3 Å². The van der Waals surface area contributed by atoms with Gasteiger partial charge in [-0.3, -0.25) is 0 Å². The van der Waals surface area contributed by atoms with Crippen LogP contribution in [0.3, 0.4) is 0 Å². The van der Waals surface area contributed by atoms with Gasteiger partial charge in [0.25, 0.3) is 0 Å². The summed E-state index contributed by atoms with van der Waals surface area (Å²) in [6, 6.07) is 7.45. The smallest absolute Gasteiger partial charge is 0.335 e. The molecule has 1 aromatic carbocycles. The number of carboxylic acid groups (broad SMARTS) is 1. The highest BCUT2D eigenvalue weighted by molar-refractivity contribution is 5.89. The number of rotatable bonds is 7. The van der Waals surface area contributed by atoms with E-state index in [4.69, 9.17) is 0 Å². The molecule has 0 aliphatic heterocycles. The van der Waals surface area contributed by atoms with E-state index in [1.807, 2.05) is 18.2 Å². The molecule has 4 fully saturated rings. The molecule has 0 bridgehead atoms. The zero-order chi connectivity index (χ0) is 26.5. The molecule has 1 unspecified atom stereocenters. The third-order valence-corrected chi connectivity index (χ3v) is 12.5. The number of hydrogen-bond acceptors (Lipinski definition) is 3. The molecule has 4 saturated carbocycles. The second kappa shape index (κ2) is 10.3. The van der Waals surface area contributed by atoms with Crippen LogP contribution in [0.2, 0.25) is 0 Å². The van der Waals surface area contributed by atoms with Crippen LogP contribution in [0.1, 0.15) is 108 Å². The number of hydrogen-bond donors (Lipinski definition) is 3. The van der Waals surface area contributed by atoms with E-state index < -0.39 is 5.97 Å². The molecule has 4 aliphatic carbocycles. The highest BCUT2D eigenvalue weighted by Crippen LogP contribution is 2.69. The zero-order valence-corrected chi connectivity index (χ0v) is 23.5. The second-order valence-corrected chi connectivity index (χ2v) is 14.0. The number of aromatic carboxylic acids is 1. The first-order valence-electron chi connectivity index (χ1n) is 15.3. The molecule has 0 saturated heterocycles. The van der Waals surface area contributed by atoms with Crippen molar-refractivity contribution in [2.75, 3.05) is 0 Å². The summed E-state index contributed by atoms with van der Waals surface area (Å²) >= 11 is 0. The van der Waals surface area contributed by atoms with Gasteiger partial charge in [0, 0.05) is 0 Å². The number of aliphatic hydroxyl groups excluding tert-OH is 2. The molecule has 11 atom stereocenters. The first kappa shape index (κ1) is 27.2. The van der Waals surface area contributed by atoms with Gasteiger partial charge in [-0.15, -0.1) is 0 Å². The first-order chi connectivity index (χ1) is 17.6. The van der Waals surface area contributed by atoms with Crippen molar-refractivity contribution in [1.82, 2.24) is 0 Å². The number of carboxylic acids is 1. The average molecular weight is 511 g/mol. The summed E-state index contributed by atoms with van der Waals surface area (Å²) in [6.45, 7) is 9.75. The fourth-order valence-corrected chi connectivity index (χ4v) is 10.7. The standard InChI is InChI=1S/C33H50O4/c1-5-23-28-19-22(34)15-17-33(28,4)27-16-18-32(3)25(13-14-26(32)29(27)30(23)35)20(2)9-8-11-21-10-6-7-12-24(21)31(36)37/h6-7,10,12,20,22-23,25-30,34-35H,5,8-9,11,13-19H2,1-4H3,(H,36,37)/t20-,22-,23-,25-,26+,27?,28+,29+,30-,32-,33-/m1/s1. The maximum Gasteiger partial charge on any atom is 0.335 e. The molecule has 0 radical (unpaired) electrons. The van der Waals surface area contributed by atoms with Gasteiger partial charge in [-0.05, 0) is 122 Å². The van der Waals surface area contributed by atoms with E-state index in [0.29, 0.717) is 47.0 Å². The van der Waals surface area contributed by atoms with E-state index in [2.05, 4.69) is 27.7 Å². The molecule has 0 amide bonds. The van der Waals surface area contributed by atoms with Crippen LogP contribution in [0.4, 0.5) is 0 Å². The lowest BCUT2D eigenvalue weighted by Crippen LogP contribution is -2.62. The number of aliphatic hydroxyl groups is 2. The minimum atomic E-state index is -0.827. The minimum Gasteiger partial charge on any atom is -0.478 e. The highest BCUT2D eigenvalue weighted by atomic mass is 16.4. The van der Waals surface area contributed by atoms with Gasteiger partial charge in [0.1, 0.15) is 0 Å². The fourth-order valence-electron chi connectivity index (χ4n) is 10.7. The number of carbonyl (C=O) groups is 1. The summed E-state index contributed by atoms with van der Waals surface area (Å²) in [5.41, 5.74) is 1.94. The summed E-state index contributed by atoms with van der Waals surface area (Å²) in [5.74, 6) is 2.81. The normalized spacial score (nSPS) is 43.9. The Morgan fingerprint density at radius 2 is 1.70 bits per heavy atom. The molecule has 0 heterocycles. The lowest BCUT2D eigenvalue weighted by atomic mass is 9.41. The van der Waals surface area contributed by atoms with Crippen molar-refractivity contribution in [2.45, 2.75) is 111 Å². The molecule has 0 spiro atoms. The van der Waals surface area contributed by atoms with Crippen molar-refractivity contribution in [1.29, 1.82) is 0 Å². The fraction of sp³-hybridized carbons (Fsp3) is 0.788. The maximum absolute atomic E-state index is 11.9. The molecule has 206 valence electrons. The van der Waals surface area contributed by atoms with Gasteiger partial charge in [-0.1, -0.05) is 58.7 Å². The Morgan fingerprint density at radius 3 is 2.43 bits per heavy atom. The van der Waals surface area contributed by atoms with E-state index in [1.54, 1.807) is 6.07 Å². The van der Waals surface area contributed by atoms with E-state index in [9.17, 15) is 20.1 Å². The van der Waals surface area contributed by atoms with Crippen molar-refractivity contribution in [3.05, 3.63) is 35.4 Å². The van der Waals surface area contributed by atoms with Gasteiger partial charge in [-0.25, -0.2) is 4.79 Å². The van der Waals surface area contributed by atoms with E-state index in [-0.39, 0.29) is 23.0 Å².